The number of alkyl halides is 2. The molecule has 0 radical (unpaired) electrons. The second-order valence-corrected chi connectivity index (χ2v) is 6.20. The molecule has 25 heavy (non-hydrogen) atoms. The van der Waals surface area contributed by atoms with Gasteiger partial charge in [0.25, 0.3) is 0 Å². The molecule has 0 bridgehead atoms. The SMILES string of the molecule is CCNC(=NCc1ccccc1OC(F)F)NCc1cnc(C)s1.I. The van der Waals surface area contributed by atoms with Crippen molar-refractivity contribution in [3.8, 4) is 5.75 Å². The number of nitrogens with zero attached hydrogens (tertiary/aromatic N) is 2. The molecule has 0 saturated carbocycles. The molecule has 0 unspecified atom stereocenters. The normalized spacial score (nSPS) is 11.2. The molecule has 2 N–H and O–H groups in total. The van der Waals surface area contributed by atoms with Crippen LogP contribution in [0.15, 0.2) is 35.5 Å². The molecule has 1 aromatic heterocycles. The lowest BCUT2D eigenvalue weighted by atomic mass is 10.2. The van der Waals surface area contributed by atoms with Gasteiger partial charge < -0.3 is 15.4 Å². The van der Waals surface area contributed by atoms with Crippen LogP contribution in [0.5, 0.6) is 5.75 Å². The Balaban J connectivity index is 0.00000312. The Morgan fingerprint density at radius 2 is 2.08 bits per heavy atom. The fraction of sp³-hybridized carbons (Fsp3) is 0.375. The van der Waals surface area contributed by atoms with E-state index in [0.29, 0.717) is 24.6 Å². The molecule has 0 saturated heterocycles. The van der Waals surface area contributed by atoms with E-state index >= 15 is 0 Å². The average molecular weight is 482 g/mol. The maximum atomic E-state index is 12.4. The van der Waals surface area contributed by atoms with Crippen molar-refractivity contribution in [2.45, 2.75) is 33.5 Å². The van der Waals surface area contributed by atoms with Crippen LogP contribution in [-0.4, -0.2) is 24.1 Å². The molecule has 9 heteroatoms. The van der Waals surface area contributed by atoms with Crippen LogP contribution in [0, 0.1) is 6.92 Å². The van der Waals surface area contributed by atoms with Crippen molar-refractivity contribution < 1.29 is 13.5 Å². The van der Waals surface area contributed by atoms with Gasteiger partial charge in [-0.2, -0.15) is 8.78 Å². The molecule has 0 aliphatic rings. The third-order valence-corrected chi connectivity index (χ3v) is 3.95. The maximum absolute atomic E-state index is 12.4. The topological polar surface area (TPSA) is 58.5 Å². The van der Waals surface area contributed by atoms with Crippen molar-refractivity contribution in [1.82, 2.24) is 15.6 Å². The molecule has 2 rings (SSSR count). The lowest BCUT2D eigenvalue weighted by Gasteiger charge is -2.12. The van der Waals surface area contributed by atoms with Crippen molar-refractivity contribution in [1.29, 1.82) is 0 Å². The summed E-state index contributed by atoms with van der Waals surface area (Å²) < 4.78 is 29.4. The number of benzene rings is 1. The van der Waals surface area contributed by atoms with E-state index in [1.165, 1.54) is 6.07 Å². The van der Waals surface area contributed by atoms with Gasteiger partial charge in [-0.15, -0.1) is 35.3 Å². The number of nitrogens with one attached hydrogen (secondary N) is 2. The number of aliphatic imine (C=N–C) groups is 1. The van der Waals surface area contributed by atoms with Gasteiger partial charge >= 0.3 is 6.61 Å². The van der Waals surface area contributed by atoms with Crippen LogP contribution in [0.2, 0.25) is 0 Å². The van der Waals surface area contributed by atoms with E-state index in [1.807, 2.05) is 20.0 Å². The van der Waals surface area contributed by atoms with E-state index in [-0.39, 0.29) is 36.3 Å². The van der Waals surface area contributed by atoms with Crippen molar-refractivity contribution in [3.63, 3.8) is 0 Å². The molecule has 0 fully saturated rings. The van der Waals surface area contributed by atoms with Crippen molar-refractivity contribution in [2.24, 2.45) is 4.99 Å². The molecule has 1 aromatic carbocycles. The van der Waals surface area contributed by atoms with Crippen molar-refractivity contribution >= 4 is 41.3 Å². The number of para-hydroxylation sites is 1. The van der Waals surface area contributed by atoms with Crippen LogP contribution >= 0.6 is 35.3 Å². The summed E-state index contributed by atoms with van der Waals surface area (Å²) in [4.78, 5) is 9.73. The molecule has 0 aliphatic carbocycles. The third kappa shape index (κ3) is 7.51. The van der Waals surface area contributed by atoms with Crippen LogP contribution in [0.3, 0.4) is 0 Å². The molecule has 2 aromatic rings. The van der Waals surface area contributed by atoms with Gasteiger partial charge in [-0.05, 0) is 19.9 Å². The Morgan fingerprint density at radius 1 is 1.32 bits per heavy atom. The predicted octanol–water partition coefficient (Wildman–Crippen LogP) is 3.93. The second kappa shape index (κ2) is 11.2. The third-order valence-electron chi connectivity index (χ3n) is 3.04. The number of guanidine groups is 1. The van der Waals surface area contributed by atoms with E-state index in [4.69, 9.17) is 0 Å². The lowest BCUT2D eigenvalue weighted by Crippen LogP contribution is -2.36. The van der Waals surface area contributed by atoms with E-state index in [0.717, 1.165) is 9.88 Å². The zero-order valence-electron chi connectivity index (χ0n) is 14.0. The molecule has 0 amide bonds. The van der Waals surface area contributed by atoms with Gasteiger partial charge in [-0.3, -0.25) is 0 Å². The first kappa shape index (κ1) is 21.6. The van der Waals surface area contributed by atoms with Crippen LogP contribution in [0.25, 0.3) is 0 Å². The Hall–Kier alpha value is -1.49. The molecule has 1 heterocycles. The van der Waals surface area contributed by atoms with Gasteiger partial charge in [0.15, 0.2) is 5.96 Å². The van der Waals surface area contributed by atoms with E-state index < -0.39 is 6.61 Å². The maximum Gasteiger partial charge on any atom is 0.387 e. The highest BCUT2D eigenvalue weighted by atomic mass is 127. The first-order valence-corrected chi connectivity index (χ1v) is 8.36. The number of hydrogen-bond acceptors (Lipinski definition) is 4. The number of aromatic nitrogens is 1. The largest absolute Gasteiger partial charge is 0.434 e. The van der Waals surface area contributed by atoms with E-state index in [2.05, 4.69) is 25.3 Å². The van der Waals surface area contributed by atoms with Gasteiger partial charge in [0.2, 0.25) is 0 Å². The zero-order valence-corrected chi connectivity index (χ0v) is 17.1. The second-order valence-electron chi connectivity index (χ2n) is 4.88. The molecule has 0 spiro atoms. The zero-order chi connectivity index (χ0) is 17.4. The summed E-state index contributed by atoms with van der Waals surface area (Å²) in [5.41, 5.74) is 0.601. The lowest BCUT2D eigenvalue weighted by molar-refractivity contribution is -0.0504. The molecule has 5 nitrogen and oxygen atoms in total. The number of hydrogen-bond donors (Lipinski definition) is 2. The Bertz CT molecular complexity index is 682. The van der Waals surface area contributed by atoms with Gasteiger partial charge in [-0.25, -0.2) is 9.98 Å². The minimum atomic E-state index is -2.85. The summed E-state index contributed by atoms with van der Waals surface area (Å²) in [6.07, 6.45) is 1.82. The molecule has 0 aliphatic heterocycles. The average Bonchev–Trinajstić information content (AvgIpc) is 2.96. The first-order chi connectivity index (χ1) is 11.6. The summed E-state index contributed by atoms with van der Waals surface area (Å²) >= 11 is 1.61. The fourth-order valence-corrected chi connectivity index (χ4v) is 2.74. The standard InChI is InChI=1S/C16H20F2N4OS.HI/c1-3-19-16(22-10-13-9-20-11(2)24-13)21-8-12-6-4-5-7-14(12)23-15(17)18;/h4-7,9,15H,3,8,10H2,1-2H3,(H2,19,21,22);1H. The fourth-order valence-electron chi connectivity index (χ4n) is 2.01. The number of ether oxygens (including phenoxy) is 1. The Labute approximate surface area is 166 Å². The highest BCUT2D eigenvalue weighted by molar-refractivity contribution is 14.0. The highest BCUT2D eigenvalue weighted by Crippen LogP contribution is 2.21. The quantitative estimate of drug-likeness (QED) is 0.357. The number of rotatable bonds is 7. The van der Waals surface area contributed by atoms with Crippen LogP contribution in [-0.2, 0) is 13.1 Å². The highest BCUT2D eigenvalue weighted by Gasteiger charge is 2.09. The number of aryl methyl sites for hydroxylation is 1. The smallest absolute Gasteiger partial charge is 0.387 e. The summed E-state index contributed by atoms with van der Waals surface area (Å²) in [6.45, 7) is 2.60. The number of thiazole rings is 1. The van der Waals surface area contributed by atoms with E-state index in [9.17, 15) is 8.78 Å². The molecule has 0 atom stereocenters. The Kier molecular flexibility index (Phi) is 9.65. The summed E-state index contributed by atoms with van der Waals surface area (Å²) in [6, 6.07) is 6.65. The predicted molar refractivity (Wildman–Crippen MR) is 107 cm³/mol. The monoisotopic (exact) mass is 482 g/mol. The Morgan fingerprint density at radius 3 is 2.72 bits per heavy atom. The molecule has 138 valence electrons. The van der Waals surface area contributed by atoms with Crippen molar-refractivity contribution in [2.75, 3.05) is 6.54 Å². The summed E-state index contributed by atoms with van der Waals surface area (Å²) in [7, 11) is 0. The van der Waals surface area contributed by atoms with Gasteiger partial charge in [-0.1, -0.05) is 18.2 Å². The summed E-state index contributed by atoms with van der Waals surface area (Å²) in [5.74, 6) is 0.751. The van der Waals surface area contributed by atoms with Gasteiger partial charge in [0, 0.05) is 23.2 Å². The summed E-state index contributed by atoms with van der Waals surface area (Å²) in [5, 5.41) is 7.33. The van der Waals surface area contributed by atoms with Gasteiger partial charge in [0.05, 0.1) is 18.1 Å². The van der Waals surface area contributed by atoms with E-state index in [1.54, 1.807) is 29.5 Å². The first-order valence-electron chi connectivity index (χ1n) is 7.54. The minimum Gasteiger partial charge on any atom is -0.434 e. The van der Waals surface area contributed by atoms with Crippen molar-refractivity contribution in [3.05, 3.63) is 45.9 Å². The molecular formula is C16H21F2IN4OS. The van der Waals surface area contributed by atoms with Gasteiger partial charge in [0.1, 0.15) is 5.75 Å². The van der Waals surface area contributed by atoms with Crippen LogP contribution < -0.4 is 15.4 Å². The van der Waals surface area contributed by atoms with Crippen LogP contribution in [0.1, 0.15) is 22.4 Å². The van der Waals surface area contributed by atoms with Crippen LogP contribution in [0.4, 0.5) is 8.78 Å². The minimum absolute atomic E-state index is 0. The molecular weight excluding hydrogens is 461 g/mol. The number of halogens is 3.